The molecular formula is C14H19NO3S. The minimum absolute atomic E-state index is 0.0473. The van der Waals surface area contributed by atoms with Crippen molar-refractivity contribution >= 4 is 23.2 Å². The van der Waals surface area contributed by atoms with Gasteiger partial charge in [0.05, 0.1) is 11.8 Å². The molecule has 0 saturated heterocycles. The molecule has 1 heterocycles. The molecule has 2 atom stereocenters. The summed E-state index contributed by atoms with van der Waals surface area (Å²) >= 11 is 1.67. The van der Waals surface area contributed by atoms with E-state index in [-0.39, 0.29) is 11.8 Å². The van der Waals surface area contributed by atoms with Crippen molar-refractivity contribution in [3.05, 3.63) is 22.4 Å². The van der Waals surface area contributed by atoms with Crippen molar-refractivity contribution in [3.8, 4) is 0 Å². The lowest BCUT2D eigenvalue weighted by Gasteiger charge is -2.17. The molecule has 0 unspecified atom stereocenters. The van der Waals surface area contributed by atoms with Gasteiger partial charge in [-0.2, -0.15) is 0 Å². The highest BCUT2D eigenvalue weighted by Gasteiger charge is 2.66. The topological polar surface area (TPSA) is 57.6 Å². The van der Waals surface area contributed by atoms with E-state index >= 15 is 0 Å². The standard InChI is InChI=1S/C14H19NO3S/c1-14(2)10(11(14)13(17)18)12(16)15(3)7-6-9-5-4-8-19-9/h4-5,8,10-11H,6-7H2,1-3H3,(H,17,18)/t10-,11+/m0/s1. The van der Waals surface area contributed by atoms with E-state index < -0.39 is 17.3 Å². The summed E-state index contributed by atoms with van der Waals surface area (Å²) < 4.78 is 0. The number of hydrogen-bond donors (Lipinski definition) is 1. The van der Waals surface area contributed by atoms with Gasteiger partial charge >= 0.3 is 5.97 Å². The molecule has 0 radical (unpaired) electrons. The summed E-state index contributed by atoms with van der Waals surface area (Å²) in [6.07, 6.45) is 0.824. The fourth-order valence-corrected chi connectivity index (χ4v) is 3.34. The number of rotatable bonds is 5. The van der Waals surface area contributed by atoms with Crippen LogP contribution < -0.4 is 0 Å². The smallest absolute Gasteiger partial charge is 0.307 e. The Kier molecular flexibility index (Phi) is 3.67. The molecule has 1 saturated carbocycles. The van der Waals surface area contributed by atoms with Crippen LogP contribution in [0.3, 0.4) is 0 Å². The summed E-state index contributed by atoms with van der Waals surface area (Å²) in [6, 6.07) is 4.04. The van der Waals surface area contributed by atoms with Gasteiger partial charge in [-0.3, -0.25) is 9.59 Å². The summed E-state index contributed by atoms with van der Waals surface area (Å²) in [6.45, 7) is 4.33. The molecule has 0 aromatic carbocycles. The van der Waals surface area contributed by atoms with E-state index in [1.807, 2.05) is 31.4 Å². The Morgan fingerprint density at radius 2 is 2.11 bits per heavy atom. The molecule has 19 heavy (non-hydrogen) atoms. The van der Waals surface area contributed by atoms with Gasteiger partial charge < -0.3 is 10.0 Å². The number of amides is 1. The lowest BCUT2D eigenvalue weighted by atomic mass is 10.1. The maximum absolute atomic E-state index is 12.3. The van der Waals surface area contributed by atoms with Crippen LogP contribution in [-0.2, 0) is 16.0 Å². The van der Waals surface area contributed by atoms with E-state index in [9.17, 15) is 9.59 Å². The molecule has 1 aliphatic carbocycles. The number of carboxylic acid groups (broad SMARTS) is 1. The molecule has 0 bridgehead atoms. The average molecular weight is 281 g/mol. The zero-order valence-electron chi connectivity index (χ0n) is 11.4. The van der Waals surface area contributed by atoms with Gasteiger partial charge in [-0.05, 0) is 23.3 Å². The Bertz CT molecular complexity index is 481. The second-order valence-corrected chi connectivity index (χ2v) is 6.74. The zero-order chi connectivity index (χ0) is 14.2. The molecular weight excluding hydrogens is 262 g/mol. The number of likely N-dealkylation sites (N-methyl/N-ethyl adjacent to an activating group) is 1. The van der Waals surface area contributed by atoms with Gasteiger partial charge in [0.2, 0.25) is 5.91 Å². The van der Waals surface area contributed by atoms with Gasteiger partial charge in [-0.25, -0.2) is 0 Å². The quantitative estimate of drug-likeness (QED) is 0.899. The van der Waals surface area contributed by atoms with Crippen LogP contribution in [-0.4, -0.2) is 35.5 Å². The lowest BCUT2D eigenvalue weighted by molar-refractivity contribution is -0.141. The van der Waals surface area contributed by atoms with Gasteiger partial charge in [0, 0.05) is 18.5 Å². The Morgan fingerprint density at radius 1 is 1.42 bits per heavy atom. The maximum atomic E-state index is 12.3. The number of hydrogen-bond acceptors (Lipinski definition) is 3. The van der Waals surface area contributed by atoms with Crippen molar-refractivity contribution in [2.24, 2.45) is 17.3 Å². The molecule has 1 amide bonds. The molecule has 1 aromatic heterocycles. The van der Waals surface area contributed by atoms with Gasteiger partial charge in [0.1, 0.15) is 0 Å². The number of carboxylic acids is 1. The molecule has 4 nitrogen and oxygen atoms in total. The highest BCUT2D eigenvalue weighted by molar-refractivity contribution is 7.09. The molecule has 1 fully saturated rings. The van der Waals surface area contributed by atoms with Crippen LogP contribution in [0.25, 0.3) is 0 Å². The molecule has 5 heteroatoms. The third kappa shape index (κ3) is 2.66. The highest BCUT2D eigenvalue weighted by atomic mass is 32.1. The largest absolute Gasteiger partial charge is 0.481 e. The summed E-state index contributed by atoms with van der Waals surface area (Å²) in [5.74, 6) is -1.83. The first-order valence-electron chi connectivity index (χ1n) is 6.36. The summed E-state index contributed by atoms with van der Waals surface area (Å²) in [4.78, 5) is 26.3. The van der Waals surface area contributed by atoms with Crippen molar-refractivity contribution in [2.75, 3.05) is 13.6 Å². The highest BCUT2D eigenvalue weighted by Crippen LogP contribution is 2.58. The Morgan fingerprint density at radius 3 is 2.58 bits per heavy atom. The summed E-state index contributed by atoms with van der Waals surface area (Å²) in [5, 5.41) is 11.1. The van der Waals surface area contributed by atoms with Gasteiger partial charge in [0.15, 0.2) is 0 Å². The van der Waals surface area contributed by atoms with E-state index in [2.05, 4.69) is 0 Å². The van der Waals surface area contributed by atoms with Crippen molar-refractivity contribution in [2.45, 2.75) is 20.3 Å². The van der Waals surface area contributed by atoms with E-state index in [1.165, 1.54) is 4.88 Å². The van der Waals surface area contributed by atoms with Gasteiger partial charge in [-0.1, -0.05) is 19.9 Å². The normalized spacial score (nSPS) is 23.9. The van der Waals surface area contributed by atoms with E-state index in [0.29, 0.717) is 6.54 Å². The number of aliphatic carboxylic acids is 1. The fraction of sp³-hybridized carbons (Fsp3) is 0.571. The Labute approximate surface area is 117 Å². The SMILES string of the molecule is CN(CCc1cccs1)C(=O)[C@@H]1[C@H](C(=O)O)C1(C)C. The third-order valence-corrected chi connectivity index (χ3v) is 4.95. The summed E-state index contributed by atoms with van der Waals surface area (Å²) in [7, 11) is 1.75. The average Bonchev–Trinajstić information content (AvgIpc) is 2.73. The monoisotopic (exact) mass is 281 g/mol. The van der Waals surface area contributed by atoms with Crippen LogP contribution in [0.2, 0.25) is 0 Å². The number of nitrogens with zero attached hydrogens (tertiary/aromatic N) is 1. The number of thiophene rings is 1. The first-order chi connectivity index (χ1) is 8.85. The predicted molar refractivity (Wildman–Crippen MR) is 74.1 cm³/mol. The van der Waals surface area contributed by atoms with Crippen molar-refractivity contribution in [3.63, 3.8) is 0 Å². The van der Waals surface area contributed by atoms with Crippen LogP contribution in [0, 0.1) is 17.3 Å². The molecule has 0 spiro atoms. The van der Waals surface area contributed by atoms with Gasteiger partial charge in [-0.15, -0.1) is 11.3 Å². The van der Waals surface area contributed by atoms with Crippen LogP contribution in [0.4, 0.5) is 0 Å². The fourth-order valence-electron chi connectivity index (χ4n) is 2.64. The zero-order valence-corrected chi connectivity index (χ0v) is 12.2. The maximum Gasteiger partial charge on any atom is 0.307 e. The number of carbonyl (C=O) groups is 2. The van der Waals surface area contributed by atoms with Crippen LogP contribution in [0.5, 0.6) is 0 Å². The second-order valence-electron chi connectivity index (χ2n) is 5.70. The molecule has 0 aliphatic heterocycles. The second kappa shape index (κ2) is 4.96. The van der Waals surface area contributed by atoms with Crippen molar-refractivity contribution < 1.29 is 14.7 Å². The van der Waals surface area contributed by atoms with Crippen molar-refractivity contribution in [1.82, 2.24) is 4.90 Å². The van der Waals surface area contributed by atoms with E-state index in [4.69, 9.17) is 5.11 Å². The molecule has 2 rings (SSSR count). The molecule has 1 N–H and O–H groups in total. The molecule has 1 aliphatic rings. The Hall–Kier alpha value is -1.36. The van der Waals surface area contributed by atoms with Crippen LogP contribution in [0.1, 0.15) is 18.7 Å². The first kappa shape index (κ1) is 14.1. The minimum Gasteiger partial charge on any atom is -0.481 e. The molecule has 1 aromatic rings. The number of carbonyl (C=O) groups excluding carboxylic acids is 1. The van der Waals surface area contributed by atoms with Crippen LogP contribution >= 0.6 is 11.3 Å². The first-order valence-corrected chi connectivity index (χ1v) is 7.24. The van der Waals surface area contributed by atoms with E-state index in [0.717, 1.165) is 6.42 Å². The minimum atomic E-state index is -0.866. The van der Waals surface area contributed by atoms with E-state index in [1.54, 1.807) is 23.3 Å². The third-order valence-electron chi connectivity index (χ3n) is 4.01. The van der Waals surface area contributed by atoms with Crippen LogP contribution in [0.15, 0.2) is 17.5 Å². The Balaban J connectivity index is 1.91. The lowest BCUT2D eigenvalue weighted by Crippen LogP contribution is -2.31. The van der Waals surface area contributed by atoms with Gasteiger partial charge in [0.25, 0.3) is 0 Å². The summed E-state index contributed by atoms with van der Waals surface area (Å²) in [5.41, 5.74) is -0.417. The van der Waals surface area contributed by atoms with Crippen molar-refractivity contribution in [1.29, 1.82) is 0 Å². The molecule has 104 valence electrons. The predicted octanol–water partition coefficient (Wildman–Crippen LogP) is 2.11.